The molecule has 0 fully saturated rings. The molecule has 0 unspecified atom stereocenters. The van der Waals surface area contributed by atoms with E-state index < -0.39 is 6.10 Å². The molecular weight excluding hydrogens is 466 g/mol. The Balaban J connectivity index is 1.23. The lowest BCUT2D eigenvalue weighted by Gasteiger charge is -2.26. The van der Waals surface area contributed by atoms with Crippen molar-refractivity contribution in [1.29, 1.82) is 0 Å². The van der Waals surface area contributed by atoms with Crippen LogP contribution in [0.5, 0.6) is 11.5 Å². The van der Waals surface area contributed by atoms with Crippen LogP contribution < -0.4 is 14.8 Å². The molecule has 0 radical (unpaired) electrons. The molecule has 3 heterocycles. The van der Waals surface area contributed by atoms with E-state index in [0.717, 1.165) is 11.1 Å². The summed E-state index contributed by atoms with van der Waals surface area (Å²) in [6, 6.07) is 17.1. The number of thioether (sulfide) groups is 1. The number of allylic oxidation sites excluding steroid dienone is 1. The van der Waals surface area contributed by atoms with Crippen LogP contribution in [-0.2, 0) is 11.3 Å². The van der Waals surface area contributed by atoms with Crippen LogP contribution in [0.2, 0.25) is 0 Å². The molecule has 1 aliphatic rings. The average molecular weight is 490 g/mol. The van der Waals surface area contributed by atoms with Crippen LogP contribution in [0.4, 0.5) is 5.88 Å². The molecule has 5 rings (SSSR count). The summed E-state index contributed by atoms with van der Waals surface area (Å²) in [5, 5.41) is 15.9. The molecule has 1 amide bonds. The maximum absolute atomic E-state index is 12.5. The highest BCUT2D eigenvalue weighted by molar-refractivity contribution is 7.99. The quantitative estimate of drug-likeness (QED) is 0.281. The number of rotatable bonds is 8. The summed E-state index contributed by atoms with van der Waals surface area (Å²) in [6.45, 7) is 6.62. The SMILES string of the molecule is C=CCn1c(SCC(=O)Nc2cc(-c3ccc(C)cc3)no2)nnc1[C@@H]1COc2ccccc2O1. The zero-order chi connectivity index (χ0) is 24.2. The van der Waals surface area contributed by atoms with Crippen LogP contribution >= 0.6 is 11.8 Å². The molecule has 9 nitrogen and oxygen atoms in total. The number of carbonyl (C=O) groups excluding carboxylic acids is 1. The molecule has 2 aromatic carbocycles. The molecule has 0 saturated heterocycles. The first-order chi connectivity index (χ1) is 17.1. The summed E-state index contributed by atoms with van der Waals surface area (Å²) in [7, 11) is 0. The number of hydrogen-bond acceptors (Lipinski definition) is 8. The first kappa shape index (κ1) is 22.7. The van der Waals surface area contributed by atoms with Crippen molar-refractivity contribution in [2.24, 2.45) is 0 Å². The minimum absolute atomic E-state index is 0.112. The Labute approximate surface area is 206 Å². The van der Waals surface area contributed by atoms with Gasteiger partial charge in [-0.3, -0.25) is 14.7 Å². The van der Waals surface area contributed by atoms with Gasteiger partial charge in [0.1, 0.15) is 12.3 Å². The number of ether oxygens (including phenoxy) is 2. The fraction of sp³-hybridized carbons (Fsp3) is 0.200. The number of anilines is 1. The van der Waals surface area contributed by atoms with Gasteiger partial charge in [0.2, 0.25) is 11.8 Å². The summed E-state index contributed by atoms with van der Waals surface area (Å²) in [5.74, 6) is 2.11. The van der Waals surface area contributed by atoms with Crippen LogP contribution in [0, 0.1) is 6.92 Å². The van der Waals surface area contributed by atoms with Crippen molar-refractivity contribution < 1.29 is 18.8 Å². The van der Waals surface area contributed by atoms with E-state index in [2.05, 4.69) is 27.2 Å². The minimum Gasteiger partial charge on any atom is -0.485 e. The fourth-order valence-corrected chi connectivity index (χ4v) is 4.35. The first-order valence-corrected chi connectivity index (χ1v) is 12.0. The zero-order valence-electron chi connectivity index (χ0n) is 19.0. The fourth-order valence-electron chi connectivity index (χ4n) is 3.59. The zero-order valence-corrected chi connectivity index (χ0v) is 19.8. The van der Waals surface area contributed by atoms with Crippen molar-refractivity contribution in [2.45, 2.75) is 24.7 Å². The van der Waals surface area contributed by atoms with Crippen molar-refractivity contribution in [3.05, 3.63) is 78.6 Å². The van der Waals surface area contributed by atoms with Gasteiger partial charge in [0.25, 0.3) is 0 Å². The van der Waals surface area contributed by atoms with Crippen molar-refractivity contribution >= 4 is 23.6 Å². The number of nitrogens with zero attached hydrogens (tertiary/aromatic N) is 4. The molecule has 0 saturated carbocycles. The number of para-hydroxylation sites is 2. The van der Waals surface area contributed by atoms with Gasteiger partial charge < -0.3 is 14.0 Å². The molecule has 1 atom stereocenters. The van der Waals surface area contributed by atoms with Crippen molar-refractivity contribution in [2.75, 3.05) is 17.7 Å². The summed E-state index contributed by atoms with van der Waals surface area (Å²) in [5.41, 5.74) is 2.72. The van der Waals surface area contributed by atoms with E-state index in [0.29, 0.717) is 41.3 Å². The number of aryl methyl sites for hydroxylation is 1. The number of fused-ring (bicyclic) bond motifs is 1. The van der Waals surface area contributed by atoms with Gasteiger partial charge in [-0.15, -0.1) is 16.8 Å². The maximum atomic E-state index is 12.5. The number of amides is 1. The molecule has 2 aromatic heterocycles. The van der Waals surface area contributed by atoms with Crippen LogP contribution in [0.25, 0.3) is 11.3 Å². The van der Waals surface area contributed by atoms with E-state index in [1.807, 2.05) is 60.0 Å². The predicted octanol–water partition coefficient (Wildman–Crippen LogP) is 4.67. The van der Waals surface area contributed by atoms with Gasteiger partial charge in [0, 0.05) is 18.2 Å². The molecule has 10 heteroatoms. The van der Waals surface area contributed by atoms with Gasteiger partial charge in [0.05, 0.1) is 5.75 Å². The van der Waals surface area contributed by atoms with Crippen LogP contribution in [0.3, 0.4) is 0 Å². The lowest BCUT2D eigenvalue weighted by molar-refractivity contribution is -0.113. The lowest BCUT2D eigenvalue weighted by atomic mass is 10.1. The average Bonchev–Trinajstić information content (AvgIpc) is 3.50. The summed E-state index contributed by atoms with van der Waals surface area (Å²) < 4.78 is 19.0. The Bertz CT molecular complexity index is 1350. The van der Waals surface area contributed by atoms with Crippen LogP contribution in [-0.4, -0.2) is 38.2 Å². The van der Waals surface area contributed by atoms with Crippen molar-refractivity contribution in [3.63, 3.8) is 0 Å². The third-order valence-electron chi connectivity index (χ3n) is 5.31. The normalized spacial score (nSPS) is 14.5. The van der Waals surface area contributed by atoms with Gasteiger partial charge in [-0.1, -0.05) is 65.0 Å². The Morgan fingerprint density at radius 1 is 1.20 bits per heavy atom. The second-order valence-corrected chi connectivity index (χ2v) is 8.83. The molecule has 0 spiro atoms. The molecule has 4 aromatic rings. The van der Waals surface area contributed by atoms with Crippen molar-refractivity contribution in [3.8, 4) is 22.8 Å². The van der Waals surface area contributed by atoms with E-state index in [4.69, 9.17) is 14.0 Å². The minimum atomic E-state index is -0.421. The van der Waals surface area contributed by atoms with Gasteiger partial charge in [-0.2, -0.15) is 0 Å². The lowest BCUT2D eigenvalue weighted by Crippen LogP contribution is -2.25. The highest BCUT2D eigenvalue weighted by Crippen LogP contribution is 2.36. The predicted molar refractivity (Wildman–Crippen MR) is 132 cm³/mol. The third kappa shape index (κ3) is 5.07. The van der Waals surface area contributed by atoms with Gasteiger partial charge in [-0.05, 0) is 19.1 Å². The summed E-state index contributed by atoms with van der Waals surface area (Å²) >= 11 is 1.26. The van der Waals surface area contributed by atoms with Crippen molar-refractivity contribution in [1.82, 2.24) is 19.9 Å². The van der Waals surface area contributed by atoms with Gasteiger partial charge >= 0.3 is 0 Å². The second kappa shape index (κ2) is 10.1. The third-order valence-corrected chi connectivity index (χ3v) is 6.27. The largest absolute Gasteiger partial charge is 0.485 e. The summed E-state index contributed by atoms with van der Waals surface area (Å²) in [6.07, 6.45) is 1.32. The topological polar surface area (TPSA) is 104 Å². The molecule has 1 N–H and O–H groups in total. The van der Waals surface area contributed by atoms with Gasteiger partial charge in [0.15, 0.2) is 28.6 Å². The Morgan fingerprint density at radius 2 is 2.00 bits per heavy atom. The molecular formula is C25H23N5O4S. The number of benzene rings is 2. The van der Waals surface area contributed by atoms with Gasteiger partial charge in [-0.25, -0.2) is 0 Å². The molecule has 35 heavy (non-hydrogen) atoms. The number of carbonyl (C=O) groups is 1. The molecule has 0 aliphatic carbocycles. The Morgan fingerprint density at radius 3 is 2.80 bits per heavy atom. The monoisotopic (exact) mass is 489 g/mol. The molecule has 0 bridgehead atoms. The van der Waals surface area contributed by atoms with E-state index in [1.165, 1.54) is 11.8 Å². The standard InChI is InChI=1S/C25H23N5O4S/c1-3-12-30-24(21-14-32-19-6-4-5-7-20(19)33-21)27-28-25(30)35-15-22(31)26-23-13-18(29-34-23)17-10-8-16(2)9-11-17/h3-11,13,21H,1,12,14-15H2,2H3,(H,26,31)/t21-/m0/s1. The number of nitrogens with one attached hydrogen (secondary N) is 1. The van der Waals surface area contributed by atoms with E-state index in [9.17, 15) is 4.79 Å². The Kier molecular flexibility index (Phi) is 6.53. The molecule has 1 aliphatic heterocycles. The molecule has 178 valence electrons. The Hall–Kier alpha value is -4.05. The second-order valence-electron chi connectivity index (χ2n) is 7.88. The van der Waals surface area contributed by atoms with E-state index in [1.54, 1.807) is 12.1 Å². The van der Waals surface area contributed by atoms with Crippen LogP contribution in [0.1, 0.15) is 17.5 Å². The smallest absolute Gasteiger partial charge is 0.237 e. The summed E-state index contributed by atoms with van der Waals surface area (Å²) in [4.78, 5) is 12.5. The number of aromatic nitrogens is 4. The highest BCUT2D eigenvalue weighted by Gasteiger charge is 2.28. The number of hydrogen-bond donors (Lipinski definition) is 1. The van der Waals surface area contributed by atoms with Crippen LogP contribution in [0.15, 0.2) is 76.9 Å². The van der Waals surface area contributed by atoms with E-state index >= 15 is 0 Å². The highest BCUT2D eigenvalue weighted by atomic mass is 32.2. The maximum Gasteiger partial charge on any atom is 0.237 e. The first-order valence-electron chi connectivity index (χ1n) is 11.0. The van der Waals surface area contributed by atoms with E-state index in [-0.39, 0.29) is 17.5 Å².